The van der Waals surface area contributed by atoms with Crippen molar-refractivity contribution in [2.45, 2.75) is 33.7 Å². The second kappa shape index (κ2) is 5.27. The summed E-state index contributed by atoms with van der Waals surface area (Å²) < 4.78 is 13.9. The minimum atomic E-state index is -0.0567. The molecule has 0 aliphatic carbocycles. The van der Waals surface area contributed by atoms with Gasteiger partial charge in [-0.3, -0.25) is 4.90 Å². The third-order valence-electron chi connectivity index (χ3n) is 3.94. The second-order valence-corrected chi connectivity index (χ2v) is 5.46. The Hall–Kier alpha value is -1.09. The molecule has 1 aromatic carbocycles. The van der Waals surface area contributed by atoms with Gasteiger partial charge in [0.15, 0.2) is 0 Å². The number of halogens is 1. The lowest BCUT2D eigenvalue weighted by Crippen LogP contribution is -2.49. The fourth-order valence-electron chi connectivity index (χ4n) is 2.63. The van der Waals surface area contributed by atoms with Crippen molar-refractivity contribution in [3.8, 4) is 0 Å². The Balaban J connectivity index is 2.13. The van der Waals surface area contributed by atoms with Crippen LogP contribution in [0.5, 0.6) is 0 Å². The fourth-order valence-corrected chi connectivity index (χ4v) is 2.63. The highest BCUT2D eigenvalue weighted by molar-refractivity contribution is 5.55. The number of hydrogen-bond acceptors (Lipinski definition) is 2. The first kappa shape index (κ1) is 13.3. The highest BCUT2D eigenvalue weighted by Gasteiger charge is 2.21. The van der Waals surface area contributed by atoms with Crippen LogP contribution < -0.4 is 4.90 Å². The third kappa shape index (κ3) is 2.51. The number of anilines is 1. The molecule has 0 atom stereocenters. The Bertz CT molecular complexity index is 421. The number of hydrogen-bond donors (Lipinski definition) is 0. The molecule has 0 N–H and O–H groups in total. The molecular formula is C15H23FN2. The molecular weight excluding hydrogens is 227 g/mol. The van der Waals surface area contributed by atoms with Crippen molar-refractivity contribution in [1.29, 1.82) is 0 Å². The van der Waals surface area contributed by atoms with E-state index in [0.717, 1.165) is 43.0 Å². The standard InChI is InChI=1S/C15H23FN2/c1-11(2)17-7-9-18(10-8-17)14-6-5-12(3)15(16)13(14)4/h5-6,11H,7-10H2,1-4H3. The zero-order valence-electron chi connectivity index (χ0n) is 11.8. The first-order chi connectivity index (χ1) is 8.50. The van der Waals surface area contributed by atoms with E-state index >= 15 is 0 Å². The average molecular weight is 250 g/mol. The molecule has 2 rings (SSSR count). The van der Waals surface area contributed by atoms with E-state index in [0.29, 0.717) is 6.04 Å². The van der Waals surface area contributed by atoms with Gasteiger partial charge in [-0.05, 0) is 39.3 Å². The monoisotopic (exact) mass is 250 g/mol. The van der Waals surface area contributed by atoms with Gasteiger partial charge in [-0.15, -0.1) is 0 Å². The van der Waals surface area contributed by atoms with Gasteiger partial charge in [0.25, 0.3) is 0 Å². The van der Waals surface area contributed by atoms with Crippen molar-refractivity contribution in [3.63, 3.8) is 0 Å². The Morgan fingerprint density at radius 1 is 1.06 bits per heavy atom. The zero-order chi connectivity index (χ0) is 13.3. The van der Waals surface area contributed by atoms with Crippen LogP contribution in [0, 0.1) is 19.7 Å². The Morgan fingerprint density at radius 2 is 1.67 bits per heavy atom. The smallest absolute Gasteiger partial charge is 0.131 e. The Labute approximate surface area is 109 Å². The van der Waals surface area contributed by atoms with Crippen LogP contribution in [0.25, 0.3) is 0 Å². The average Bonchev–Trinajstić information content (AvgIpc) is 2.36. The van der Waals surface area contributed by atoms with E-state index in [1.54, 1.807) is 0 Å². The molecule has 0 spiro atoms. The van der Waals surface area contributed by atoms with E-state index < -0.39 is 0 Å². The van der Waals surface area contributed by atoms with Gasteiger partial charge in [-0.2, -0.15) is 0 Å². The fraction of sp³-hybridized carbons (Fsp3) is 0.600. The topological polar surface area (TPSA) is 6.48 Å². The minimum Gasteiger partial charge on any atom is -0.369 e. The molecule has 100 valence electrons. The van der Waals surface area contributed by atoms with Gasteiger partial charge in [0.2, 0.25) is 0 Å². The van der Waals surface area contributed by atoms with Gasteiger partial charge in [-0.25, -0.2) is 4.39 Å². The summed E-state index contributed by atoms with van der Waals surface area (Å²) in [5, 5.41) is 0. The lowest BCUT2D eigenvalue weighted by Gasteiger charge is -2.38. The normalized spacial score (nSPS) is 17.6. The lowest BCUT2D eigenvalue weighted by atomic mass is 10.1. The number of benzene rings is 1. The van der Waals surface area contributed by atoms with Crippen LogP contribution in [0.2, 0.25) is 0 Å². The molecule has 1 aliphatic rings. The summed E-state index contributed by atoms with van der Waals surface area (Å²) in [5.74, 6) is -0.0567. The summed E-state index contributed by atoms with van der Waals surface area (Å²) in [6.07, 6.45) is 0. The SMILES string of the molecule is Cc1ccc(N2CCN(C(C)C)CC2)c(C)c1F. The maximum atomic E-state index is 13.9. The van der Waals surface area contributed by atoms with E-state index in [2.05, 4.69) is 29.7 Å². The van der Waals surface area contributed by atoms with Crippen LogP contribution in [0.4, 0.5) is 10.1 Å². The largest absolute Gasteiger partial charge is 0.369 e. The van der Waals surface area contributed by atoms with Gasteiger partial charge in [0.1, 0.15) is 5.82 Å². The maximum Gasteiger partial charge on any atom is 0.131 e. The number of piperazine rings is 1. The number of aryl methyl sites for hydroxylation is 1. The molecule has 1 aromatic rings. The molecule has 0 aromatic heterocycles. The van der Waals surface area contributed by atoms with Crippen molar-refractivity contribution in [2.75, 3.05) is 31.1 Å². The van der Waals surface area contributed by atoms with E-state index in [9.17, 15) is 4.39 Å². The first-order valence-electron chi connectivity index (χ1n) is 6.75. The van der Waals surface area contributed by atoms with Crippen LogP contribution in [0.3, 0.4) is 0 Å². The summed E-state index contributed by atoms with van der Waals surface area (Å²) >= 11 is 0. The highest BCUT2D eigenvalue weighted by Crippen LogP contribution is 2.25. The molecule has 0 amide bonds. The minimum absolute atomic E-state index is 0.0567. The van der Waals surface area contributed by atoms with Crippen molar-refractivity contribution in [2.24, 2.45) is 0 Å². The van der Waals surface area contributed by atoms with E-state index in [4.69, 9.17) is 0 Å². The molecule has 0 radical (unpaired) electrons. The van der Waals surface area contributed by atoms with Crippen LogP contribution >= 0.6 is 0 Å². The van der Waals surface area contributed by atoms with Gasteiger partial charge in [-0.1, -0.05) is 6.07 Å². The molecule has 1 heterocycles. The zero-order valence-corrected chi connectivity index (χ0v) is 11.8. The summed E-state index contributed by atoms with van der Waals surface area (Å²) in [7, 11) is 0. The van der Waals surface area contributed by atoms with Crippen LogP contribution in [0.1, 0.15) is 25.0 Å². The third-order valence-corrected chi connectivity index (χ3v) is 3.94. The highest BCUT2D eigenvalue weighted by atomic mass is 19.1. The molecule has 0 bridgehead atoms. The molecule has 18 heavy (non-hydrogen) atoms. The molecule has 2 nitrogen and oxygen atoms in total. The van der Waals surface area contributed by atoms with Crippen LogP contribution in [0.15, 0.2) is 12.1 Å². The summed E-state index contributed by atoms with van der Waals surface area (Å²) in [4.78, 5) is 4.77. The Kier molecular flexibility index (Phi) is 3.91. The Morgan fingerprint density at radius 3 is 2.22 bits per heavy atom. The molecule has 1 fully saturated rings. The predicted molar refractivity (Wildman–Crippen MR) is 74.8 cm³/mol. The van der Waals surface area contributed by atoms with Crippen LogP contribution in [-0.2, 0) is 0 Å². The summed E-state index contributed by atoms with van der Waals surface area (Å²) in [6.45, 7) is 12.3. The molecule has 3 heteroatoms. The quantitative estimate of drug-likeness (QED) is 0.796. The van der Waals surface area contributed by atoms with Crippen molar-refractivity contribution in [3.05, 3.63) is 29.1 Å². The lowest BCUT2D eigenvalue weighted by molar-refractivity contribution is 0.209. The second-order valence-electron chi connectivity index (χ2n) is 5.46. The van der Waals surface area contributed by atoms with Crippen molar-refractivity contribution < 1.29 is 4.39 Å². The van der Waals surface area contributed by atoms with Gasteiger partial charge in [0.05, 0.1) is 0 Å². The van der Waals surface area contributed by atoms with E-state index in [1.807, 2.05) is 19.9 Å². The van der Waals surface area contributed by atoms with Crippen molar-refractivity contribution in [1.82, 2.24) is 4.90 Å². The number of nitrogens with zero attached hydrogens (tertiary/aromatic N) is 2. The van der Waals surface area contributed by atoms with Crippen molar-refractivity contribution >= 4 is 5.69 Å². The van der Waals surface area contributed by atoms with Crippen LogP contribution in [-0.4, -0.2) is 37.1 Å². The maximum absolute atomic E-state index is 13.9. The van der Waals surface area contributed by atoms with Gasteiger partial charge >= 0.3 is 0 Å². The van der Waals surface area contributed by atoms with Gasteiger partial charge < -0.3 is 4.90 Å². The van der Waals surface area contributed by atoms with E-state index in [1.165, 1.54) is 0 Å². The molecule has 0 unspecified atom stereocenters. The first-order valence-corrected chi connectivity index (χ1v) is 6.75. The molecule has 1 aliphatic heterocycles. The van der Waals surface area contributed by atoms with Gasteiger partial charge in [0, 0.05) is 43.5 Å². The number of rotatable bonds is 2. The molecule has 0 saturated carbocycles. The molecule has 1 saturated heterocycles. The van der Waals surface area contributed by atoms with E-state index in [-0.39, 0.29) is 5.82 Å². The summed E-state index contributed by atoms with van der Waals surface area (Å²) in [5.41, 5.74) is 2.58. The summed E-state index contributed by atoms with van der Waals surface area (Å²) in [6, 6.07) is 4.54. The predicted octanol–water partition coefficient (Wildman–Crippen LogP) is 2.97.